The second-order valence-corrected chi connectivity index (χ2v) is 12.8. The minimum atomic E-state index is -3.90. The number of thiophene rings is 1. The van der Waals surface area contributed by atoms with Gasteiger partial charge in [-0.25, -0.2) is 13.1 Å². The molecule has 1 saturated carbocycles. The zero-order valence-corrected chi connectivity index (χ0v) is 24.2. The van der Waals surface area contributed by atoms with Gasteiger partial charge in [-0.2, -0.15) is 0 Å². The van der Waals surface area contributed by atoms with Gasteiger partial charge in [-0.15, -0.1) is 11.3 Å². The maximum absolute atomic E-state index is 13.5. The number of amides is 2. The Morgan fingerprint density at radius 1 is 0.875 bits per heavy atom. The second kappa shape index (κ2) is 12.0. The van der Waals surface area contributed by atoms with Gasteiger partial charge in [-0.3, -0.25) is 9.59 Å². The summed E-state index contributed by atoms with van der Waals surface area (Å²) in [5.41, 5.74) is 2.17. The van der Waals surface area contributed by atoms with E-state index >= 15 is 0 Å². The molecule has 0 bridgehead atoms. The lowest BCUT2D eigenvalue weighted by molar-refractivity contribution is 0.102. The number of anilines is 2. The number of rotatable bonds is 9. The first-order valence-electron chi connectivity index (χ1n) is 13.4. The van der Waals surface area contributed by atoms with Crippen LogP contribution in [0.3, 0.4) is 0 Å². The summed E-state index contributed by atoms with van der Waals surface area (Å²) in [6, 6.07) is 11.2. The molecule has 3 N–H and O–H groups in total. The number of nitrogens with one attached hydrogen (secondary N) is 3. The minimum absolute atomic E-state index is 0.0857. The van der Waals surface area contributed by atoms with Crippen molar-refractivity contribution in [2.24, 2.45) is 0 Å². The van der Waals surface area contributed by atoms with Crippen LogP contribution in [0, 0.1) is 0 Å². The fourth-order valence-corrected chi connectivity index (χ4v) is 8.07. The largest absolute Gasteiger partial charge is 0.497 e. The number of carbonyl (C=O) groups is 2. The van der Waals surface area contributed by atoms with Gasteiger partial charge in [0.05, 0.1) is 19.8 Å². The number of fused-ring (bicyclic) bond motifs is 1. The molecule has 3 aromatic rings. The fourth-order valence-electron chi connectivity index (χ4n) is 5.29. The van der Waals surface area contributed by atoms with Crippen molar-refractivity contribution in [2.75, 3.05) is 24.9 Å². The smallest absolute Gasteiger partial charge is 0.258 e. The number of carbonyl (C=O) groups excluding carboxylic acids is 2. The van der Waals surface area contributed by atoms with Crippen molar-refractivity contribution in [2.45, 2.75) is 62.3 Å². The van der Waals surface area contributed by atoms with E-state index in [1.165, 1.54) is 36.6 Å². The molecule has 212 valence electrons. The Labute approximate surface area is 238 Å². The van der Waals surface area contributed by atoms with Gasteiger partial charge in [0, 0.05) is 22.2 Å². The summed E-state index contributed by atoms with van der Waals surface area (Å²) >= 11 is 1.40. The molecule has 5 rings (SSSR count). The third-order valence-corrected chi connectivity index (χ3v) is 10.1. The van der Waals surface area contributed by atoms with Gasteiger partial charge in [-0.05, 0) is 86.6 Å². The predicted octanol–water partition coefficient (Wildman–Crippen LogP) is 5.37. The van der Waals surface area contributed by atoms with Gasteiger partial charge in [0.25, 0.3) is 11.8 Å². The fraction of sp³-hybridized carbons (Fsp3) is 0.379. The van der Waals surface area contributed by atoms with Crippen LogP contribution < -0.4 is 24.8 Å². The van der Waals surface area contributed by atoms with Crippen LogP contribution in [0.25, 0.3) is 0 Å². The molecule has 0 radical (unpaired) electrons. The maximum Gasteiger partial charge on any atom is 0.258 e. The number of benzene rings is 2. The summed E-state index contributed by atoms with van der Waals surface area (Å²) in [4.78, 5) is 27.9. The summed E-state index contributed by atoms with van der Waals surface area (Å²) < 4.78 is 39.7. The van der Waals surface area contributed by atoms with E-state index in [-0.39, 0.29) is 28.2 Å². The zero-order chi connectivity index (χ0) is 28.3. The first kappa shape index (κ1) is 28.1. The van der Waals surface area contributed by atoms with E-state index in [1.807, 2.05) is 0 Å². The summed E-state index contributed by atoms with van der Waals surface area (Å²) in [6.07, 6.45) is 7.11. The van der Waals surface area contributed by atoms with Crippen LogP contribution in [0.1, 0.15) is 69.7 Å². The topological polar surface area (TPSA) is 123 Å². The number of aryl methyl sites for hydroxylation is 1. The minimum Gasteiger partial charge on any atom is -0.497 e. The van der Waals surface area contributed by atoms with Crippen molar-refractivity contribution < 1.29 is 27.5 Å². The van der Waals surface area contributed by atoms with E-state index in [9.17, 15) is 18.0 Å². The molecule has 0 atom stereocenters. The molecule has 2 aliphatic carbocycles. The monoisotopic (exact) mass is 583 g/mol. The second-order valence-electron chi connectivity index (χ2n) is 10.0. The highest BCUT2D eigenvalue weighted by molar-refractivity contribution is 7.89. The van der Waals surface area contributed by atoms with Crippen LogP contribution in [0.15, 0.2) is 47.4 Å². The third kappa shape index (κ3) is 6.01. The number of ether oxygens (including phenoxy) is 2. The van der Waals surface area contributed by atoms with Gasteiger partial charge in [0.15, 0.2) is 0 Å². The Kier molecular flexibility index (Phi) is 8.43. The Bertz CT molecular complexity index is 1510. The van der Waals surface area contributed by atoms with Crippen molar-refractivity contribution in [1.82, 2.24) is 4.72 Å². The molecule has 1 fully saturated rings. The van der Waals surface area contributed by atoms with Crippen molar-refractivity contribution in [1.29, 1.82) is 0 Å². The first-order valence-corrected chi connectivity index (χ1v) is 15.7. The average Bonchev–Trinajstić information content (AvgIpc) is 3.60. The number of hydrogen-bond donors (Lipinski definition) is 3. The Morgan fingerprint density at radius 2 is 1.60 bits per heavy atom. The van der Waals surface area contributed by atoms with Crippen molar-refractivity contribution in [3.8, 4) is 11.5 Å². The van der Waals surface area contributed by atoms with E-state index in [1.54, 1.807) is 31.4 Å². The standard InChI is InChI=1S/C29H33N3O6S2/c1-37-21-14-12-19(13-15-21)30-28(34)26-22-9-5-6-10-24(22)39-29(26)31-27(33)18-11-16-23(38-2)25(17-18)40(35,36)32-20-7-3-4-8-20/h11-17,20,32H,3-10H2,1-2H3,(H,30,34)(H,31,33). The zero-order valence-electron chi connectivity index (χ0n) is 22.5. The number of sulfonamides is 1. The lowest BCUT2D eigenvalue weighted by Crippen LogP contribution is -2.33. The Balaban J connectivity index is 1.42. The van der Waals surface area contributed by atoms with Crippen LogP contribution in [0.2, 0.25) is 0 Å². The van der Waals surface area contributed by atoms with Crippen LogP contribution >= 0.6 is 11.3 Å². The quantitative estimate of drug-likeness (QED) is 0.311. The molecule has 0 aliphatic heterocycles. The molecule has 2 aliphatic rings. The summed E-state index contributed by atoms with van der Waals surface area (Å²) in [7, 11) is -0.931. The summed E-state index contributed by atoms with van der Waals surface area (Å²) in [5.74, 6) is 0.0297. The van der Waals surface area contributed by atoms with Gasteiger partial charge < -0.3 is 20.1 Å². The van der Waals surface area contributed by atoms with Crippen LogP contribution in [-0.4, -0.2) is 40.5 Å². The molecule has 1 heterocycles. The van der Waals surface area contributed by atoms with Crippen molar-refractivity contribution >= 4 is 43.9 Å². The highest BCUT2D eigenvalue weighted by atomic mass is 32.2. The summed E-state index contributed by atoms with van der Waals surface area (Å²) in [6.45, 7) is 0. The van der Waals surface area contributed by atoms with Gasteiger partial charge in [0.2, 0.25) is 10.0 Å². The molecule has 0 spiro atoms. The molecule has 11 heteroatoms. The van der Waals surface area contributed by atoms with E-state index in [4.69, 9.17) is 9.47 Å². The molecular weight excluding hydrogens is 550 g/mol. The van der Waals surface area contributed by atoms with Crippen LogP contribution in [-0.2, 0) is 22.9 Å². The molecule has 2 aromatic carbocycles. The molecule has 2 amide bonds. The van der Waals surface area contributed by atoms with E-state index in [2.05, 4.69) is 15.4 Å². The van der Waals surface area contributed by atoms with E-state index in [0.717, 1.165) is 61.8 Å². The lowest BCUT2D eigenvalue weighted by Gasteiger charge is -2.16. The van der Waals surface area contributed by atoms with E-state index < -0.39 is 15.9 Å². The highest BCUT2D eigenvalue weighted by Crippen LogP contribution is 2.39. The average molecular weight is 584 g/mol. The third-order valence-electron chi connectivity index (χ3n) is 7.37. The number of methoxy groups -OCH3 is 2. The van der Waals surface area contributed by atoms with Gasteiger partial charge in [0.1, 0.15) is 21.4 Å². The van der Waals surface area contributed by atoms with Crippen molar-refractivity contribution in [3.05, 3.63) is 64.0 Å². The van der Waals surface area contributed by atoms with Crippen molar-refractivity contribution in [3.63, 3.8) is 0 Å². The molecule has 40 heavy (non-hydrogen) atoms. The SMILES string of the molecule is COc1ccc(NC(=O)c2c(NC(=O)c3ccc(OC)c(S(=O)(=O)NC4CCCC4)c3)sc3c2CCCC3)cc1. The van der Waals surface area contributed by atoms with Gasteiger partial charge in [-0.1, -0.05) is 12.8 Å². The first-order chi connectivity index (χ1) is 19.3. The van der Waals surface area contributed by atoms with Gasteiger partial charge >= 0.3 is 0 Å². The highest BCUT2D eigenvalue weighted by Gasteiger charge is 2.29. The molecular formula is C29H33N3O6S2. The normalized spacial score (nSPS) is 15.3. The predicted molar refractivity (Wildman–Crippen MR) is 155 cm³/mol. The molecule has 9 nitrogen and oxygen atoms in total. The molecule has 0 unspecified atom stereocenters. The maximum atomic E-state index is 13.5. The lowest BCUT2D eigenvalue weighted by atomic mass is 9.95. The van der Waals surface area contributed by atoms with Crippen LogP contribution in [0.5, 0.6) is 11.5 Å². The number of hydrogen-bond acceptors (Lipinski definition) is 7. The Morgan fingerprint density at radius 3 is 2.30 bits per heavy atom. The summed E-state index contributed by atoms with van der Waals surface area (Å²) in [5, 5.41) is 6.29. The van der Waals surface area contributed by atoms with Crippen LogP contribution in [0.4, 0.5) is 10.7 Å². The molecule has 0 saturated heterocycles. The van der Waals surface area contributed by atoms with E-state index in [0.29, 0.717) is 22.0 Å². The Hall–Kier alpha value is -3.41. The molecule has 1 aromatic heterocycles.